The van der Waals surface area contributed by atoms with E-state index in [0.29, 0.717) is 5.76 Å². The van der Waals surface area contributed by atoms with Crippen LogP contribution in [0, 0.1) is 15.9 Å². The maximum atomic E-state index is 11.5. The van der Waals surface area contributed by atoms with Gasteiger partial charge in [-0.3, -0.25) is 0 Å². The first-order valence-corrected chi connectivity index (χ1v) is 6.25. The molecule has 0 aliphatic heterocycles. The van der Waals surface area contributed by atoms with Gasteiger partial charge in [0, 0.05) is 9.13 Å². The summed E-state index contributed by atoms with van der Waals surface area (Å²) in [6.07, 6.45) is 5.01. The standard InChI is InChI=1S/C14H9IO3/c1-2-9-17-14(16)13-8-7-12(18-13)10-3-5-11(15)6-4-10/h1,3-8H,9H2. The van der Waals surface area contributed by atoms with Crippen molar-refractivity contribution in [3.8, 4) is 23.7 Å². The van der Waals surface area contributed by atoms with Crippen LogP contribution in [0.3, 0.4) is 0 Å². The van der Waals surface area contributed by atoms with Gasteiger partial charge in [0.25, 0.3) is 0 Å². The lowest BCUT2D eigenvalue weighted by Gasteiger charge is -1.98. The number of ether oxygens (including phenoxy) is 1. The smallest absolute Gasteiger partial charge is 0.375 e. The molecule has 0 spiro atoms. The van der Waals surface area contributed by atoms with Crippen LogP contribution in [0.2, 0.25) is 0 Å². The number of carbonyl (C=O) groups is 1. The molecule has 2 aromatic rings. The summed E-state index contributed by atoms with van der Waals surface area (Å²) < 4.78 is 11.3. The van der Waals surface area contributed by atoms with Gasteiger partial charge in [-0.25, -0.2) is 4.79 Å². The Morgan fingerprint density at radius 1 is 1.28 bits per heavy atom. The van der Waals surface area contributed by atoms with Gasteiger partial charge >= 0.3 is 5.97 Å². The Labute approximate surface area is 118 Å². The largest absolute Gasteiger partial charge is 0.449 e. The van der Waals surface area contributed by atoms with E-state index in [0.717, 1.165) is 9.13 Å². The molecule has 1 aromatic carbocycles. The van der Waals surface area contributed by atoms with Crippen molar-refractivity contribution in [3.63, 3.8) is 0 Å². The van der Waals surface area contributed by atoms with E-state index in [2.05, 4.69) is 28.5 Å². The molecule has 18 heavy (non-hydrogen) atoms. The summed E-state index contributed by atoms with van der Waals surface area (Å²) in [5.41, 5.74) is 0.909. The third-order valence-electron chi connectivity index (χ3n) is 2.22. The number of benzene rings is 1. The highest BCUT2D eigenvalue weighted by Gasteiger charge is 2.12. The third-order valence-corrected chi connectivity index (χ3v) is 2.94. The molecule has 0 radical (unpaired) electrons. The minimum Gasteiger partial charge on any atom is -0.449 e. The molecule has 0 aliphatic rings. The topological polar surface area (TPSA) is 39.4 Å². The molecule has 2 rings (SSSR count). The maximum absolute atomic E-state index is 11.5. The van der Waals surface area contributed by atoms with E-state index in [-0.39, 0.29) is 12.4 Å². The number of hydrogen-bond acceptors (Lipinski definition) is 3. The Hall–Kier alpha value is -1.74. The summed E-state index contributed by atoms with van der Waals surface area (Å²) in [6.45, 7) is -0.0571. The van der Waals surface area contributed by atoms with Crippen LogP contribution in [0.5, 0.6) is 0 Å². The summed E-state index contributed by atoms with van der Waals surface area (Å²) in [4.78, 5) is 11.5. The number of rotatable bonds is 3. The fourth-order valence-electron chi connectivity index (χ4n) is 1.40. The van der Waals surface area contributed by atoms with E-state index in [4.69, 9.17) is 15.6 Å². The first-order chi connectivity index (χ1) is 8.70. The van der Waals surface area contributed by atoms with Crippen LogP contribution < -0.4 is 0 Å². The molecule has 3 nitrogen and oxygen atoms in total. The van der Waals surface area contributed by atoms with Gasteiger partial charge in [-0.15, -0.1) is 6.42 Å². The molecule has 0 aliphatic carbocycles. The number of halogens is 1. The molecule has 0 saturated heterocycles. The number of carbonyl (C=O) groups excluding carboxylic acids is 1. The van der Waals surface area contributed by atoms with E-state index >= 15 is 0 Å². The van der Waals surface area contributed by atoms with Gasteiger partial charge in [0.1, 0.15) is 5.76 Å². The zero-order valence-electron chi connectivity index (χ0n) is 9.35. The number of hydrogen-bond donors (Lipinski definition) is 0. The van der Waals surface area contributed by atoms with Gasteiger partial charge in [0.2, 0.25) is 5.76 Å². The first kappa shape index (κ1) is 12.7. The van der Waals surface area contributed by atoms with Crippen LogP contribution in [0.15, 0.2) is 40.8 Å². The molecular weight excluding hydrogens is 343 g/mol. The van der Waals surface area contributed by atoms with Crippen LogP contribution in [0.4, 0.5) is 0 Å². The van der Waals surface area contributed by atoms with Gasteiger partial charge in [0.15, 0.2) is 6.61 Å². The first-order valence-electron chi connectivity index (χ1n) is 5.17. The quantitative estimate of drug-likeness (QED) is 0.483. The monoisotopic (exact) mass is 352 g/mol. The van der Waals surface area contributed by atoms with Crippen molar-refractivity contribution in [3.05, 3.63) is 45.7 Å². The summed E-state index contributed by atoms with van der Waals surface area (Å²) in [5, 5.41) is 0. The second-order valence-electron chi connectivity index (χ2n) is 3.45. The fraction of sp³-hybridized carbons (Fsp3) is 0.0714. The van der Waals surface area contributed by atoms with Crippen LogP contribution in [0.25, 0.3) is 11.3 Å². The van der Waals surface area contributed by atoms with Gasteiger partial charge in [0.05, 0.1) is 0 Å². The minimum atomic E-state index is -0.551. The molecule has 0 N–H and O–H groups in total. The molecular formula is C14H9IO3. The predicted molar refractivity (Wildman–Crippen MR) is 76.0 cm³/mol. The van der Waals surface area contributed by atoms with Crippen molar-refractivity contribution >= 4 is 28.6 Å². The zero-order chi connectivity index (χ0) is 13.0. The zero-order valence-corrected chi connectivity index (χ0v) is 11.5. The Kier molecular flexibility index (Phi) is 4.05. The highest BCUT2D eigenvalue weighted by Crippen LogP contribution is 2.23. The summed E-state index contributed by atoms with van der Waals surface area (Å²) in [7, 11) is 0. The highest BCUT2D eigenvalue weighted by molar-refractivity contribution is 14.1. The molecule has 1 heterocycles. The van der Waals surface area contributed by atoms with E-state index in [1.54, 1.807) is 12.1 Å². The van der Waals surface area contributed by atoms with Crippen LogP contribution >= 0.6 is 22.6 Å². The van der Waals surface area contributed by atoms with E-state index < -0.39 is 5.97 Å². The average Bonchev–Trinajstić information content (AvgIpc) is 2.86. The molecule has 0 fully saturated rings. The molecule has 0 saturated carbocycles. The molecule has 90 valence electrons. The van der Waals surface area contributed by atoms with Crippen LogP contribution in [-0.4, -0.2) is 12.6 Å². The van der Waals surface area contributed by atoms with Crippen LogP contribution in [-0.2, 0) is 4.74 Å². The van der Waals surface area contributed by atoms with Gasteiger partial charge in [-0.1, -0.05) is 18.1 Å². The van der Waals surface area contributed by atoms with E-state index in [9.17, 15) is 4.79 Å². The predicted octanol–water partition coefficient (Wildman–Crippen LogP) is 3.34. The van der Waals surface area contributed by atoms with Crippen molar-refractivity contribution in [1.82, 2.24) is 0 Å². The van der Waals surface area contributed by atoms with Crippen molar-refractivity contribution in [2.24, 2.45) is 0 Å². The summed E-state index contributed by atoms with van der Waals surface area (Å²) in [5.74, 6) is 2.45. The normalized spacial score (nSPS) is 9.78. The molecule has 0 bridgehead atoms. The second kappa shape index (κ2) is 5.74. The molecule has 0 amide bonds. The van der Waals surface area contributed by atoms with E-state index in [1.165, 1.54) is 0 Å². The van der Waals surface area contributed by atoms with Crippen molar-refractivity contribution in [2.45, 2.75) is 0 Å². The second-order valence-corrected chi connectivity index (χ2v) is 4.70. The Morgan fingerprint density at radius 2 is 2.00 bits per heavy atom. The minimum absolute atomic E-state index is 0.0571. The molecule has 4 heteroatoms. The van der Waals surface area contributed by atoms with Gasteiger partial charge in [-0.2, -0.15) is 0 Å². The fourth-order valence-corrected chi connectivity index (χ4v) is 1.75. The van der Waals surface area contributed by atoms with E-state index in [1.807, 2.05) is 24.3 Å². The Balaban J connectivity index is 2.18. The lowest BCUT2D eigenvalue weighted by Crippen LogP contribution is -2.03. The average molecular weight is 352 g/mol. The highest BCUT2D eigenvalue weighted by atomic mass is 127. The number of terminal acetylenes is 1. The lowest BCUT2D eigenvalue weighted by molar-refractivity contribution is 0.0521. The Morgan fingerprint density at radius 3 is 2.67 bits per heavy atom. The van der Waals surface area contributed by atoms with Crippen LogP contribution in [0.1, 0.15) is 10.6 Å². The third kappa shape index (κ3) is 2.93. The lowest BCUT2D eigenvalue weighted by atomic mass is 10.2. The SMILES string of the molecule is C#CCOC(=O)c1ccc(-c2ccc(I)cc2)o1. The number of esters is 1. The van der Waals surface area contributed by atoms with Crippen molar-refractivity contribution in [1.29, 1.82) is 0 Å². The van der Waals surface area contributed by atoms with Crippen molar-refractivity contribution < 1.29 is 13.9 Å². The Bertz CT molecular complexity index is 590. The van der Waals surface area contributed by atoms with Gasteiger partial charge < -0.3 is 9.15 Å². The van der Waals surface area contributed by atoms with Gasteiger partial charge in [-0.05, 0) is 46.9 Å². The summed E-state index contributed by atoms with van der Waals surface area (Å²) >= 11 is 2.22. The van der Waals surface area contributed by atoms with Crippen molar-refractivity contribution in [2.75, 3.05) is 6.61 Å². The molecule has 0 unspecified atom stereocenters. The summed E-state index contributed by atoms with van der Waals surface area (Å²) in [6, 6.07) is 11.1. The maximum Gasteiger partial charge on any atom is 0.375 e. The molecule has 0 atom stereocenters. The number of furan rings is 1. The molecule has 1 aromatic heterocycles.